The summed E-state index contributed by atoms with van der Waals surface area (Å²) in [6.07, 6.45) is 3.10. The Morgan fingerprint density at radius 2 is 1.49 bits per heavy atom. The van der Waals surface area contributed by atoms with Crippen molar-refractivity contribution in [2.75, 3.05) is 19.8 Å². The van der Waals surface area contributed by atoms with Gasteiger partial charge in [0.05, 0.1) is 19.3 Å². The summed E-state index contributed by atoms with van der Waals surface area (Å²) >= 11 is 0. The number of rotatable bonds is 13. The third kappa shape index (κ3) is 7.02. The van der Waals surface area contributed by atoms with Crippen molar-refractivity contribution >= 4 is 12.0 Å². The topological polar surface area (TPSA) is 88.1 Å². The Balaban J connectivity index is 1.60. The van der Waals surface area contributed by atoms with E-state index in [-0.39, 0.29) is 24.9 Å². The average Bonchev–Trinajstić information content (AvgIpc) is 3.35. The smallest absolute Gasteiger partial charge is 0.330 e. The van der Waals surface area contributed by atoms with Gasteiger partial charge in [0.1, 0.15) is 17.0 Å². The quantitative estimate of drug-likeness (QED) is 0.234. The van der Waals surface area contributed by atoms with E-state index in [1.54, 1.807) is 4.90 Å². The van der Waals surface area contributed by atoms with E-state index in [0.717, 1.165) is 53.0 Å². The van der Waals surface area contributed by atoms with Gasteiger partial charge >= 0.3 is 12.0 Å². The number of amides is 2. The number of nitrogens with one attached hydrogen (secondary N) is 1. The van der Waals surface area contributed by atoms with Crippen LogP contribution in [0.25, 0.3) is 0 Å². The van der Waals surface area contributed by atoms with Crippen LogP contribution in [-0.4, -0.2) is 47.3 Å². The molecule has 41 heavy (non-hydrogen) atoms. The van der Waals surface area contributed by atoms with Crippen molar-refractivity contribution in [1.29, 1.82) is 0 Å². The Morgan fingerprint density at radius 1 is 0.927 bits per heavy atom. The predicted octanol–water partition coefficient (Wildman–Crippen LogP) is 6.51. The first-order valence-electron chi connectivity index (χ1n) is 14.6. The fraction of sp³-hybridized carbons (Fsp3) is 0.412. The summed E-state index contributed by atoms with van der Waals surface area (Å²) < 4.78 is 11.8. The van der Waals surface area contributed by atoms with Crippen molar-refractivity contribution < 1.29 is 24.2 Å². The standard InChI is InChI=1S/C34H42N2O5/c1-5-40-30-20-29(21-31(24(30)3)41-6-2)25(4)36(19-13-12-16-26-14-8-7-9-15-26)33(39)35-34(32(37)38)22-27-17-10-11-18-28(27)23-34/h7-11,14-15,17-18,20-21,25H,5-6,12-13,16,19,22-23H2,1-4H3,(H,35,39)(H,37,38)/t25-/m1/s1. The molecule has 0 aromatic heterocycles. The molecule has 3 aromatic rings. The Bertz CT molecular complexity index is 1290. The van der Waals surface area contributed by atoms with Gasteiger partial charge < -0.3 is 24.8 Å². The Hall–Kier alpha value is -4.00. The van der Waals surface area contributed by atoms with Crippen molar-refractivity contribution in [3.63, 3.8) is 0 Å². The fourth-order valence-corrected chi connectivity index (χ4v) is 5.63. The Kier molecular flexibility index (Phi) is 9.92. The number of hydrogen-bond donors (Lipinski definition) is 2. The minimum Gasteiger partial charge on any atom is -0.493 e. The number of hydrogen-bond acceptors (Lipinski definition) is 4. The molecule has 1 aliphatic rings. The normalized spacial score (nSPS) is 14.1. The molecule has 0 heterocycles. The lowest BCUT2D eigenvalue weighted by atomic mass is 9.95. The van der Waals surface area contributed by atoms with Gasteiger partial charge in [0.15, 0.2) is 0 Å². The van der Waals surface area contributed by atoms with Crippen molar-refractivity contribution in [2.45, 2.75) is 71.4 Å². The molecule has 218 valence electrons. The molecule has 0 unspecified atom stereocenters. The van der Waals surface area contributed by atoms with Gasteiger partial charge in [-0.15, -0.1) is 0 Å². The molecular weight excluding hydrogens is 516 g/mol. The molecule has 3 aromatic carbocycles. The summed E-state index contributed by atoms with van der Waals surface area (Å²) in [7, 11) is 0. The number of carboxylic acids is 1. The zero-order valence-electron chi connectivity index (χ0n) is 24.6. The van der Waals surface area contributed by atoms with Crippen LogP contribution in [0.15, 0.2) is 66.7 Å². The van der Waals surface area contributed by atoms with Crippen molar-refractivity contribution in [3.8, 4) is 11.5 Å². The zero-order valence-corrected chi connectivity index (χ0v) is 24.6. The molecular formula is C34H42N2O5. The molecule has 7 nitrogen and oxygen atoms in total. The Labute approximate surface area is 243 Å². The number of aliphatic carboxylic acids is 1. The van der Waals surface area contributed by atoms with E-state index in [1.807, 2.05) is 82.3 Å². The molecule has 2 N–H and O–H groups in total. The maximum absolute atomic E-state index is 14.0. The van der Waals surface area contributed by atoms with Gasteiger partial charge in [-0.2, -0.15) is 0 Å². The molecule has 0 saturated carbocycles. The largest absolute Gasteiger partial charge is 0.493 e. The first-order chi connectivity index (χ1) is 19.8. The minimum atomic E-state index is -1.39. The van der Waals surface area contributed by atoms with Crippen LogP contribution in [0.4, 0.5) is 4.79 Å². The maximum Gasteiger partial charge on any atom is 0.330 e. The summed E-state index contributed by atoms with van der Waals surface area (Å²) in [4.78, 5) is 28.4. The van der Waals surface area contributed by atoms with Crippen LogP contribution in [0.1, 0.15) is 67.5 Å². The monoisotopic (exact) mass is 558 g/mol. The van der Waals surface area contributed by atoms with E-state index in [2.05, 4.69) is 17.4 Å². The Morgan fingerprint density at radius 3 is 2.02 bits per heavy atom. The third-order valence-corrected chi connectivity index (χ3v) is 7.96. The van der Waals surface area contributed by atoms with Gasteiger partial charge in [-0.25, -0.2) is 9.59 Å². The summed E-state index contributed by atoms with van der Waals surface area (Å²) in [6, 6.07) is 21.2. The van der Waals surface area contributed by atoms with Crippen molar-refractivity contribution in [3.05, 3.63) is 94.5 Å². The first kappa shape index (κ1) is 30.0. The second-order valence-corrected chi connectivity index (χ2v) is 10.8. The number of nitrogens with zero attached hydrogens (tertiary/aromatic N) is 1. The van der Waals surface area contributed by atoms with E-state index in [9.17, 15) is 14.7 Å². The van der Waals surface area contributed by atoms with Gasteiger partial charge in [-0.1, -0.05) is 54.6 Å². The second-order valence-electron chi connectivity index (χ2n) is 10.8. The summed E-state index contributed by atoms with van der Waals surface area (Å²) in [6.45, 7) is 9.31. The van der Waals surface area contributed by atoms with Crippen molar-refractivity contribution in [1.82, 2.24) is 10.2 Å². The average molecular weight is 559 g/mol. The van der Waals surface area contributed by atoms with Crippen LogP contribution in [0, 0.1) is 6.92 Å². The molecule has 1 aliphatic carbocycles. The van der Waals surface area contributed by atoms with Crippen LogP contribution in [0.5, 0.6) is 11.5 Å². The number of benzene rings is 3. The number of urea groups is 1. The van der Waals surface area contributed by atoms with Crippen LogP contribution in [0.3, 0.4) is 0 Å². The fourth-order valence-electron chi connectivity index (χ4n) is 5.63. The highest BCUT2D eigenvalue weighted by Gasteiger charge is 2.46. The number of carboxylic acid groups (broad SMARTS) is 1. The molecule has 0 saturated heterocycles. The van der Waals surface area contributed by atoms with Gasteiger partial charge in [0.2, 0.25) is 0 Å². The summed E-state index contributed by atoms with van der Waals surface area (Å²) in [5.41, 5.74) is 3.57. The van der Waals surface area contributed by atoms with Gasteiger partial charge in [-0.3, -0.25) is 0 Å². The lowest BCUT2D eigenvalue weighted by Crippen LogP contribution is -2.59. The van der Waals surface area contributed by atoms with E-state index in [0.29, 0.717) is 19.8 Å². The molecule has 7 heteroatoms. The lowest BCUT2D eigenvalue weighted by Gasteiger charge is -2.34. The number of carbonyl (C=O) groups is 2. The predicted molar refractivity (Wildman–Crippen MR) is 161 cm³/mol. The molecule has 1 atom stereocenters. The number of carbonyl (C=O) groups excluding carboxylic acids is 1. The summed E-state index contributed by atoms with van der Waals surface area (Å²) in [5, 5.41) is 13.3. The molecule has 0 spiro atoms. The van der Waals surface area contributed by atoms with E-state index in [1.165, 1.54) is 5.56 Å². The molecule has 2 amide bonds. The molecule has 0 fully saturated rings. The SMILES string of the molecule is CCOc1cc([C@@H](C)N(CCCCc2ccccc2)C(=O)NC2(C(=O)O)Cc3ccccc3C2)cc(OCC)c1C. The van der Waals surface area contributed by atoms with E-state index < -0.39 is 11.5 Å². The number of aryl methyl sites for hydroxylation is 1. The van der Waals surface area contributed by atoms with Crippen LogP contribution < -0.4 is 14.8 Å². The minimum absolute atomic E-state index is 0.258. The first-order valence-corrected chi connectivity index (χ1v) is 14.6. The van der Waals surface area contributed by atoms with E-state index >= 15 is 0 Å². The van der Waals surface area contributed by atoms with Crippen LogP contribution in [-0.2, 0) is 24.1 Å². The highest BCUT2D eigenvalue weighted by atomic mass is 16.5. The second kappa shape index (κ2) is 13.6. The maximum atomic E-state index is 14.0. The van der Waals surface area contributed by atoms with Gasteiger partial charge in [0, 0.05) is 24.9 Å². The highest BCUT2D eigenvalue weighted by molar-refractivity contribution is 5.88. The number of ether oxygens (including phenoxy) is 2. The van der Waals surface area contributed by atoms with Crippen LogP contribution >= 0.6 is 0 Å². The number of unbranched alkanes of at least 4 members (excludes halogenated alkanes) is 1. The zero-order chi connectivity index (χ0) is 29.4. The molecule has 0 aliphatic heterocycles. The van der Waals surface area contributed by atoms with Gasteiger partial charge in [0.25, 0.3) is 0 Å². The van der Waals surface area contributed by atoms with Crippen molar-refractivity contribution in [2.24, 2.45) is 0 Å². The molecule has 0 radical (unpaired) electrons. The molecule has 0 bridgehead atoms. The number of fused-ring (bicyclic) bond motifs is 1. The highest BCUT2D eigenvalue weighted by Crippen LogP contribution is 2.35. The lowest BCUT2D eigenvalue weighted by molar-refractivity contribution is -0.144. The van der Waals surface area contributed by atoms with Gasteiger partial charge in [-0.05, 0) is 81.3 Å². The van der Waals surface area contributed by atoms with E-state index in [4.69, 9.17) is 9.47 Å². The summed E-state index contributed by atoms with van der Waals surface area (Å²) in [5.74, 6) is 0.419. The third-order valence-electron chi connectivity index (χ3n) is 7.96. The van der Waals surface area contributed by atoms with Crippen LogP contribution in [0.2, 0.25) is 0 Å². The molecule has 4 rings (SSSR count).